The normalized spacial score (nSPS) is 14.6. The number of carbonyl (C=O) groups excluding carboxylic acids is 1. The molecule has 0 unspecified atom stereocenters. The van der Waals surface area contributed by atoms with Gasteiger partial charge in [0.25, 0.3) is 0 Å². The van der Waals surface area contributed by atoms with Crippen molar-refractivity contribution in [1.29, 1.82) is 0 Å². The Kier molecular flexibility index (Phi) is 3.24. The molecular formula is C10H11ClN2O3. The largest absolute Gasteiger partial charge is 0.474 e. The predicted molar refractivity (Wildman–Crippen MR) is 56.6 cm³/mol. The van der Waals surface area contributed by atoms with E-state index in [4.69, 9.17) is 21.1 Å². The minimum atomic E-state index is -0.491. The smallest absolute Gasteiger partial charge is 0.345 e. The topological polar surface area (TPSA) is 61.3 Å². The number of ether oxygens (including phenoxy) is 2. The van der Waals surface area contributed by atoms with Crippen LogP contribution in [0.25, 0.3) is 0 Å². The standard InChI is InChI=1S/C10H11ClN2O3/c1-2-15-9(14)7-5-12-10(11)13-8(7)16-6-3-4-6/h5-6H,2-4H2,1H3. The summed E-state index contributed by atoms with van der Waals surface area (Å²) in [5.74, 6) is -0.282. The summed E-state index contributed by atoms with van der Waals surface area (Å²) in [5.41, 5.74) is 0.221. The van der Waals surface area contributed by atoms with E-state index in [1.807, 2.05) is 0 Å². The average Bonchev–Trinajstić information content (AvgIpc) is 3.02. The van der Waals surface area contributed by atoms with Crippen LogP contribution in [0.3, 0.4) is 0 Å². The lowest BCUT2D eigenvalue weighted by atomic mass is 10.3. The van der Waals surface area contributed by atoms with Gasteiger partial charge in [-0.2, -0.15) is 4.98 Å². The molecule has 1 saturated carbocycles. The van der Waals surface area contributed by atoms with Gasteiger partial charge in [0.2, 0.25) is 11.2 Å². The molecule has 0 atom stereocenters. The Morgan fingerprint density at radius 1 is 1.62 bits per heavy atom. The van der Waals surface area contributed by atoms with Crippen molar-refractivity contribution in [2.24, 2.45) is 0 Å². The van der Waals surface area contributed by atoms with Crippen LogP contribution in [-0.2, 0) is 4.74 Å². The van der Waals surface area contributed by atoms with E-state index in [0.29, 0.717) is 6.61 Å². The van der Waals surface area contributed by atoms with Gasteiger partial charge in [0.05, 0.1) is 12.8 Å². The highest BCUT2D eigenvalue weighted by atomic mass is 35.5. The highest BCUT2D eigenvalue weighted by Gasteiger charge is 2.27. The Morgan fingerprint density at radius 2 is 2.38 bits per heavy atom. The van der Waals surface area contributed by atoms with Gasteiger partial charge in [0.1, 0.15) is 11.7 Å². The third-order valence-electron chi connectivity index (χ3n) is 2.02. The summed E-state index contributed by atoms with van der Waals surface area (Å²) >= 11 is 5.65. The zero-order valence-electron chi connectivity index (χ0n) is 8.77. The van der Waals surface area contributed by atoms with Crippen LogP contribution in [0.15, 0.2) is 6.20 Å². The third kappa shape index (κ3) is 2.61. The molecule has 1 aromatic heterocycles. The number of carbonyl (C=O) groups is 1. The maximum absolute atomic E-state index is 11.6. The van der Waals surface area contributed by atoms with E-state index < -0.39 is 5.97 Å². The number of hydrogen-bond acceptors (Lipinski definition) is 5. The number of hydrogen-bond donors (Lipinski definition) is 0. The van der Waals surface area contributed by atoms with Gasteiger partial charge in [-0.3, -0.25) is 0 Å². The molecule has 0 aliphatic heterocycles. The number of esters is 1. The minimum absolute atomic E-state index is 0.0590. The second-order valence-electron chi connectivity index (χ2n) is 3.40. The summed E-state index contributed by atoms with van der Waals surface area (Å²) in [7, 11) is 0. The van der Waals surface area contributed by atoms with E-state index in [1.54, 1.807) is 6.92 Å². The van der Waals surface area contributed by atoms with Crippen molar-refractivity contribution >= 4 is 17.6 Å². The molecule has 1 fully saturated rings. The van der Waals surface area contributed by atoms with Crippen LogP contribution in [0.2, 0.25) is 5.28 Å². The molecule has 1 aliphatic rings. The van der Waals surface area contributed by atoms with Crippen molar-refractivity contribution in [1.82, 2.24) is 9.97 Å². The molecule has 86 valence electrons. The van der Waals surface area contributed by atoms with Crippen molar-refractivity contribution in [3.05, 3.63) is 17.0 Å². The maximum Gasteiger partial charge on any atom is 0.345 e. The summed E-state index contributed by atoms with van der Waals surface area (Å²) in [5, 5.41) is 0.0590. The number of rotatable bonds is 4. The van der Waals surface area contributed by atoms with E-state index in [1.165, 1.54) is 6.20 Å². The molecule has 5 nitrogen and oxygen atoms in total. The first-order chi connectivity index (χ1) is 7.70. The summed E-state index contributed by atoms with van der Waals surface area (Å²) < 4.78 is 10.3. The first-order valence-electron chi connectivity index (χ1n) is 5.07. The predicted octanol–water partition coefficient (Wildman–Crippen LogP) is 1.85. The summed E-state index contributed by atoms with van der Waals surface area (Å²) in [6, 6.07) is 0. The minimum Gasteiger partial charge on any atom is -0.474 e. The second-order valence-corrected chi connectivity index (χ2v) is 3.73. The first-order valence-corrected chi connectivity index (χ1v) is 5.44. The van der Waals surface area contributed by atoms with Crippen LogP contribution in [0, 0.1) is 0 Å². The molecule has 0 saturated heterocycles. The van der Waals surface area contributed by atoms with E-state index in [9.17, 15) is 4.79 Å². The molecule has 1 aliphatic carbocycles. The monoisotopic (exact) mass is 242 g/mol. The molecule has 2 rings (SSSR count). The Morgan fingerprint density at radius 3 is 3.00 bits per heavy atom. The van der Waals surface area contributed by atoms with Crippen LogP contribution >= 0.6 is 11.6 Å². The fourth-order valence-corrected chi connectivity index (χ4v) is 1.25. The number of aromatic nitrogens is 2. The van der Waals surface area contributed by atoms with E-state index in [-0.39, 0.29) is 22.8 Å². The second kappa shape index (κ2) is 4.65. The lowest BCUT2D eigenvalue weighted by Crippen LogP contribution is -2.11. The number of nitrogens with zero attached hydrogens (tertiary/aromatic N) is 2. The Balaban J connectivity index is 2.23. The zero-order chi connectivity index (χ0) is 11.5. The van der Waals surface area contributed by atoms with Crippen molar-refractivity contribution < 1.29 is 14.3 Å². The van der Waals surface area contributed by atoms with Gasteiger partial charge in [0.15, 0.2) is 0 Å². The van der Waals surface area contributed by atoms with Crippen molar-refractivity contribution in [2.75, 3.05) is 6.61 Å². The molecule has 0 bridgehead atoms. The first kappa shape index (κ1) is 11.1. The van der Waals surface area contributed by atoms with Gasteiger partial charge >= 0.3 is 5.97 Å². The molecule has 0 N–H and O–H groups in total. The highest BCUT2D eigenvalue weighted by molar-refractivity contribution is 6.28. The average molecular weight is 243 g/mol. The van der Waals surface area contributed by atoms with Crippen LogP contribution in [0.1, 0.15) is 30.1 Å². The Hall–Kier alpha value is -1.36. The van der Waals surface area contributed by atoms with E-state index >= 15 is 0 Å². The fourth-order valence-electron chi connectivity index (χ4n) is 1.13. The lowest BCUT2D eigenvalue weighted by Gasteiger charge is -2.08. The fraction of sp³-hybridized carbons (Fsp3) is 0.500. The van der Waals surface area contributed by atoms with Gasteiger partial charge in [0, 0.05) is 0 Å². The van der Waals surface area contributed by atoms with E-state index in [0.717, 1.165) is 12.8 Å². The van der Waals surface area contributed by atoms with Crippen molar-refractivity contribution in [2.45, 2.75) is 25.9 Å². The lowest BCUT2D eigenvalue weighted by molar-refractivity contribution is 0.0519. The Labute approximate surface area is 97.7 Å². The molecule has 1 heterocycles. The van der Waals surface area contributed by atoms with Gasteiger partial charge < -0.3 is 9.47 Å². The van der Waals surface area contributed by atoms with Crippen molar-refractivity contribution in [3.63, 3.8) is 0 Å². The zero-order valence-corrected chi connectivity index (χ0v) is 9.53. The molecular weight excluding hydrogens is 232 g/mol. The molecule has 0 radical (unpaired) electrons. The summed E-state index contributed by atoms with van der Waals surface area (Å²) in [6.07, 6.45) is 3.41. The summed E-state index contributed by atoms with van der Waals surface area (Å²) in [6.45, 7) is 2.03. The van der Waals surface area contributed by atoms with Gasteiger partial charge in [-0.1, -0.05) is 0 Å². The van der Waals surface area contributed by atoms with Crippen LogP contribution in [0.4, 0.5) is 0 Å². The molecule has 0 spiro atoms. The highest BCUT2D eigenvalue weighted by Crippen LogP contribution is 2.28. The van der Waals surface area contributed by atoms with E-state index in [2.05, 4.69) is 9.97 Å². The summed E-state index contributed by atoms with van der Waals surface area (Å²) in [4.78, 5) is 19.2. The quantitative estimate of drug-likeness (QED) is 0.596. The molecule has 16 heavy (non-hydrogen) atoms. The van der Waals surface area contributed by atoms with Gasteiger partial charge in [-0.25, -0.2) is 9.78 Å². The number of halogens is 1. The molecule has 0 amide bonds. The van der Waals surface area contributed by atoms with Crippen LogP contribution < -0.4 is 4.74 Å². The molecule has 0 aromatic carbocycles. The maximum atomic E-state index is 11.6. The SMILES string of the molecule is CCOC(=O)c1cnc(Cl)nc1OC1CC1. The molecule has 1 aromatic rings. The Bertz CT molecular complexity index is 407. The van der Waals surface area contributed by atoms with Gasteiger partial charge in [-0.05, 0) is 31.4 Å². The third-order valence-corrected chi connectivity index (χ3v) is 2.20. The van der Waals surface area contributed by atoms with Crippen LogP contribution in [0.5, 0.6) is 5.88 Å². The van der Waals surface area contributed by atoms with Crippen molar-refractivity contribution in [3.8, 4) is 5.88 Å². The van der Waals surface area contributed by atoms with Gasteiger partial charge in [-0.15, -0.1) is 0 Å². The molecule has 6 heteroatoms. The van der Waals surface area contributed by atoms with Crippen LogP contribution in [-0.4, -0.2) is 28.6 Å².